The van der Waals surface area contributed by atoms with Crippen molar-refractivity contribution in [2.75, 3.05) is 0 Å². The van der Waals surface area contributed by atoms with Gasteiger partial charge >= 0.3 is 5.97 Å². The largest absolute Gasteiger partial charge is 0.490 e. The average Bonchev–Trinajstić information content (AvgIpc) is 3.13. The number of rotatable bonds is 3. The first kappa shape index (κ1) is 11.0. The molecule has 0 heterocycles. The van der Waals surface area contributed by atoms with Crippen LogP contribution in [0.2, 0.25) is 0 Å². The number of benzene rings is 1. The van der Waals surface area contributed by atoms with E-state index in [-0.39, 0.29) is 23.9 Å². The lowest BCUT2D eigenvalue weighted by molar-refractivity contribution is -0.114. The lowest BCUT2D eigenvalue weighted by Crippen LogP contribution is -2.11. The zero-order chi connectivity index (χ0) is 12.7. The van der Waals surface area contributed by atoms with Gasteiger partial charge in [0, 0.05) is 12.0 Å². The highest BCUT2D eigenvalue weighted by atomic mass is 16.5. The Hall–Kier alpha value is -2.10. The van der Waals surface area contributed by atoms with Crippen molar-refractivity contribution in [3.8, 4) is 5.75 Å². The number of hydrogen-bond donors (Lipinski definition) is 1. The second kappa shape index (κ2) is 3.98. The highest BCUT2D eigenvalue weighted by molar-refractivity contribution is 6.00. The molecule has 0 saturated heterocycles. The van der Waals surface area contributed by atoms with Gasteiger partial charge in [0.25, 0.3) is 0 Å². The average molecular weight is 244 g/mol. The third-order valence-corrected chi connectivity index (χ3v) is 3.11. The third kappa shape index (κ3) is 2.01. The normalized spacial score (nSPS) is 17.4. The van der Waals surface area contributed by atoms with Crippen LogP contribution in [0.1, 0.15) is 34.3 Å². The number of carboxylic acid groups (broad SMARTS) is 1. The minimum absolute atomic E-state index is 0.0196. The minimum Gasteiger partial charge on any atom is -0.490 e. The van der Waals surface area contributed by atoms with Crippen LogP contribution < -0.4 is 4.74 Å². The molecule has 0 atom stereocenters. The molecule has 1 N–H and O–H groups in total. The van der Waals surface area contributed by atoms with Crippen molar-refractivity contribution >= 4 is 17.8 Å². The van der Waals surface area contributed by atoms with E-state index in [0.29, 0.717) is 5.75 Å². The number of aromatic carboxylic acids is 1. The first-order valence-electron chi connectivity index (χ1n) is 5.91. The van der Waals surface area contributed by atoms with E-state index in [9.17, 15) is 9.59 Å². The Morgan fingerprint density at radius 3 is 2.72 bits per heavy atom. The van der Waals surface area contributed by atoms with Crippen molar-refractivity contribution in [1.29, 1.82) is 0 Å². The van der Waals surface area contributed by atoms with Crippen LogP contribution in [-0.2, 0) is 11.2 Å². The molecular formula is C14H12O4. The monoisotopic (exact) mass is 244 g/mol. The van der Waals surface area contributed by atoms with Gasteiger partial charge in [-0.3, -0.25) is 4.79 Å². The van der Waals surface area contributed by atoms with Crippen molar-refractivity contribution in [3.05, 3.63) is 34.9 Å². The number of carboxylic acids is 1. The summed E-state index contributed by atoms with van der Waals surface area (Å²) in [4.78, 5) is 22.5. The van der Waals surface area contributed by atoms with Crippen LogP contribution in [-0.4, -0.2) is 23.0 Å². The van der Waals surface area contributed by atoms with E-state index in [4.69, 9.17) is 9.84 Å². The van der Waals surface area contributed by atoms with Crippen LogP contribution in [0.4, 0.5) is 0 Å². The Kier molecular flexibility index (Phi) is 2.44. The fourth-order valence-corrected chi connectivity index (χ4v) is 2.01. The molecule has 1 aromatic rings. The van der Waals surface area contributed by atoms with Gasteiger partial charge in [-0.15, -0.1) is 0 Å². The minimum atomic E-state index is -0.983. The summed E-state index contributed by atoms with van der Waals surface area (Å²) in [5, 5.41) is 9.07. The van der Waals surface area contributed by atoms with Gasteiger partial charge in [-0.05, 0) is 36.6 Å². The van der Waals surface area contributed by atoms with Gasteiger partial charge in [-0.1, -0.05) is 6.08 Å². The molecule has 18 heavy (non-hydrogen) atoms. The van der Waals surface area contributed by atoms with Crippen molar-refractivity contribution in [3.63, 3.8) is 0 Å². The number of hydrogen-bond acceptors (Lipinski definition) is 3. The molecular weight excluding hydrogens is 232 g/mol. The quantitative estimate of drug-likeness (QED) is 0.884. The number of allylic oxidation sites excluding steroid dienone is 1. The molecule has 0 bridgehead atoms. The maximum absolute atomic E-state index is 11.4. The maximum Gasteiger partial charge on any atom is 0.335 e. The summed E-state index contributed by atoms with van der Waals surface area (Å²) in [6.45, 7) is 0. The predicted octanol–water partition coefficient (Wildman–Crippen LogP) is 2.06. The summed E-state index contributed by atoms with van der Waals surface area (Å²) in [5.74, 6) is -0.417. The topological polar surface area (TPSA) is 63.6 Å². The summed E-state index contributed by atoms with van der Waals surface area (Å²) >= 11 is 0. The number of carbonyl (C=O) groups is 2. The highest BCUT2D eigenvalue weighted by Gasteiger charge is 2.27. The van der Waals surface area contributed by atoms with E-state index in [1.807, 2.05) is 0 Å². The molecule has 0 aliphatic heterocycles. The zero-order valence-electron chi connectivity index (χ0n) is 9.68. The number of ether oxygens (including phenoxy) is 1. The van der Waals surface area contributed by atoms with E-state index in [1.54, 1.807) is 12.1 Å². The van der Waals surface area contributed by atoms with Crippen LogP contribution in [0.15, 0.2) is 18.2 Å². The van der Waals surface area contributed by atoms with Crippen molar-refractivity contribution in [2.45, 2.75) is 25.4 Å². The second-order valence-corrected chi connectivity index (χ2v) is 4.64. The summed E-state index contributed by atoms with van der Waals surface area (Å²) in [5.41, 5.74) is 1.77. The number of carbonyl (C=O) groups excluding carboxylic acids is 1. The van der Waals surface area contributed by atoms with E-state index in [2.05, 4.69) is 0 Å². The van der Waals surface area contributed by atoms with Crippen LogP contribution in [0.25, 0.3) is 6.08 Å². The summed E-state index contributed by atoms with van der Waals surface area (Å²) in [6.07, 6.45) is 5.60. The van der Waals surface area contributed by atoms with Gasteiger partial charge in [0.1, 0.15) is 5.75 Å². The van der Waals surface area contributed by atoms with Gasteiger partial charge in [-0.25, -0.2) is 4.79 Å². The lowest BCUT2D eigenvalue weighted by atomic mass is 9.93. The van der Waals surface area contributed by atoms with Crippen molar-refractivity contribution in [2.24, 2.45) is 0 Å². The number of fused-ring (bicyclic) bond motifs is 1. The summed E-state index contributed by atoms with van der Waals surface area (Å²) in [6, 6.07) is 3.10. The molecule has 1 fully saturated rings. The smallest absolute Gasteiger partial charge is 0.335 e. The van der Waals surface area contributed by atoms with Crippen LogP contribution in [0, 0.1) is 0 Å². The summed E-state index contributed by atoms with van der Waals surface area (Å²) < 4.78 is 5.71. The standard InChI is InChI=1S/C14H12O4/c15-10-2-1-8-5-9(14(16)17)6-13(12(8)7-10)18-11-3-4-11/h1-2,5-6,11H,3-4,7H2,(H,16,17). The molecule has 3 rings (SSSR count). The Labute approximate surface area is 104 Å². The van der Waals surface area contributed by atoms with Gasteiger partial charge in [-0.2, -0.15) is 0 Å². The van der Waals surface area contributed by atoms with Crippen LogP contribution in [0.5, 0.6) is 5.75 Å². The fraction of sp³-hybridized carbons (Fsp3) is 0.286. The van der Waals surface area contributed by atoms with Crippen molar-refractivity contribution < 1.29 is 19.4 Å². The molecule has 0 radical (unpaired) electrons. The van der Waals surface area contributed by atoms with Gasteiger partial charge in [0.15, 0.2) is 5.78 Å². The molecule has 4 heteroatoms. The molecule has 4 nitrogen and oxygen atoms in total. The Morgan fingerprint density at radius 1 is 1.28 bits per heavy atom. The summed E-state index contributed by atoms with van der Waals surface area (Å²) in [7, 11) is 0. The van der Waals surface area contributed by atoms with Crippen molar-refractivity contribution in [1.82, 2.24) is 0 Å². The molecule has 0 amide bonds. The Morgan fingerprint density at radius 2 is 2.06 bits per heavy atom. The van der Waals surface area contributed by atoms with Crippen LogP contribution in [0.3, 0.4) is 0 Å². The molecule has 0 unspecified atom stereocenters. The molecule has 1 saturated carbocycles. The van der Waals surface area contributed by atoms with E-state index in [1.165, 1.54) is 12.1 Å². The lowest BCUT2D eigenvalue weighted by Gasteiger charge is -2.16. The molecule has 0 aromatic heterocycles. The first-order valence-corrected chi connectivity index (χ1v) is 5.91. The SMILES string of the molecule is O=C1C=Cc2cc(C(=O)O)cc(OC3CC3)c2C1. The van der Waals surface area contributed by atoms with Gasteiger partial charge in [0.2, 0.25) is 0 Å². The molecule has 92 valence electrons. The molecule has 1 aromatic carbocycles. The van der Waals surface area contributed by atoms with E-state index in [0.717, 1.165) is 24.0 Å². The Balaban J connectivity index is 2.08. The van der Waals surface area contributed by atoms with Crippen LogP contribution >= 0.6 is 0 Å². The third-order valence-electron chi connectivity index (χ3n) is 3.11. The molecule has 0 spiro atoms. The van der Waals surface area contributed by atoms with E-state index >= 15 is 0 Å². The first-order chi connectivity index (χ1) is 8.63. The van der Waals surface area contributed by atoms with Gasteiger partial charge < -0.3 is 9.84 Å². The second-order valence-electron chi connectivity index (χ2n) is 4.64. The van der Waals surface area contributed by atoms with Gasteiger partial charge in [0.05, 0.1) is 11.7 Å². The molecule has 2 aliphatic carbocycles. The van der Waals surface area contributed by atoms with E-state index < -0.39 is 5.97 Å². The predicted molar refractivity (Wildman–Crippen MR) is 64.8 cm³/mol. The zero-order valence-corrected chi connectivity index (χ0v) is 9.68. The number of ketones is 1. The highest BCUT2D eigenvalue weighted by Crippen LogP contribution is 2.34. The fourth-order valence-electron chi connectivity index (χ4n) is 2.01. The maximum atomic E-state index is 11.4. The molecule has 2 aliphatic rings. The Bertz CT molecular complexity index is 567.